The molecule has 5 nitrogen and oxygen atoms in total. The van der Waals surface area contributed by atoms with E-state index in [1.165, 1.54) is 13.0 Å². The SMILES string of the molecule is [B]N1C(=O)CCC(C)(C(=O)OCC=C)C1=O. The Kier molecular flexibility index (Phi) is 3.52. The standard InChI is InChI=1S/C10H12BNO4/c1-3-6-16-9(15)10(2)5-4-7(13)12(11)8(10)14/h3H,1,4-6H2,2H3. The summed E-state index contributed by atoms with van der Waals surface area (Å²) in [6, 6.07) is 0. The van der Waals surface area contributed by atoms with Gasteiger partial charge in [-0.15, -0.1) is 0 Å². The number of amides is 2. The first-order chi connectivity index (χ1) is 7.43. The first-order valence-electron chi connectivity index (χ1n) is 4.83. The molecule has 1 heterocycles. The van der Waals surface area contributed by atoms with Crippen LogP contribution in [0, 0.1) is 5.41 Å². The Bertz CT molecular complexity index is 355. The third kappa shape index (κ3) is 2.00. The number of hydrogen-bond donors (Lipinski definition) is 0. The monoisotopic (exact) mass is 221 g/mol. The van der Waals surface area contributed by atoms with Gasteiger partial charge in [-0.1, -0.05) is 12.7 Å². The highest BCUT2D eigenvalue weighted by Crippen LogP contribution is 2.31. The maximum Gasteiger partial charge on any atom is 0.321 e. The molecule has 16 heavy (non-hydrogen) atoms. The van der Waals surface area contributed by atoms with Crippen LogP contribution in [0.5, 0.6) is 0 Å². The third-order valence-corrected chi connectivity index (χ3v) is 2.58. The van der Waals surface area contributed by atoms with Crippen molar-refractivity contribution >= 4 is 25.8 Å². The molecular weight excluding hydrogens is 209 g/mol. The van der Waals surface area contributed by atoms with Crippen molar-refractivity contribution in [3.63, 3.8) is 0 Å². The second-order valence-corrected chi connectivity index (χ2v) is 3.79. The molecule has 0 bridgehead atoms. The van der Waals surface area contributed by atoms with Crippen molar-refractivity contribution in [1.82, 2.24) is 4.81 Å². The van der Waals surface area contributed by atoms with Gasteiger partial charge in [0, 0.05) is 6.42 Å². The molecule has 0 aromatic rings. The van der Waals surface area contributed by atoms with Crippen molar-refractivity contribution < 1.29 is 19.1 Å². The lowest BCUT2D eigenvalue weighted by atomic mass is 9.79. The highest BCUT2D eigenvalue weighted by atomic mass is 16.5. The molecule has 1 rings (SSSR count). The van der Waals surface area contributed by atoms with E-state index in [9.17, 15) is 14.4 Å². The van der Waals surface area contributed by atoms with Crippen LogP contribution >= 0.6 is 0 Å². The van der Waals surface area contributed by atoms with E-state index in [2.05, 4.69) is 6.58 Å². The summed E-state index contributed by atoms with van der Waals surface area (Å²) in [6.07, 6.45) is 1.58. The Labute approximate surface area is 94.9 Å². The van der Waals surface area contributed by atoms with E-state index >= 15 is 0 Å². The highest BCUT2D eigenvalue weighted by molar-refractivity contribution is 6.28. The van der Waals surface area contributed by atoms with Crippen molar-refractivity contribution in [3.05, 3.63) is 12.7 Å². The average molecular weight is 221 g/mol. The summed E-state index contributed by atoms with van der Waals surface area (Å²) in [5.41, 5.74) is -1.37. The van der Waals surface area contributed by atoms with Crippen molar-refractivity contribution in [1.29, 1.82) is 0 Å². The van der Waals surface area contributed by atoms with E-state index in [1.54, 1.807) is 0 Å². The minimum atomic E-state index is -1.37. The second-order valence-electron chi connectivity index (χ2n) is 3.79. The Morgan fingerprint density at radius 3 is 2.88 bits per heavy atom. The molecule has 0 aliphatic carbocycles. The zero-order valence-electron chi connectivity index (χ0n) is 9.06. The van der Waals surface area contributed by atoms with E-state index in [1.807, 2.05) is 0 Å². The van der Waals surface area contributed by atoms with Gasteiger partial charge in [-0.25, -0.2) is 0 Å². The van der Waals surface area contributed by atoms with Gasteiger partial charge in [0.2, 0.25) is 19.8 Å². The summed E-state index contributed by atoms with van der Waals surface area (Å²) >= 11 is 0. The molecule has 84 valence electrons. The number of nitrogens with zero attached hydrogens (tertiary/aromatic N) is 1. The molecule has 1 fully saturated rings. The van der Waals surface area contributed by atoms with E-state index in [0.717, 1.165) is 0 Å². The first-order valence-corrected chi connectivity index (χ1v) is 4.83. The number of ether oxygens (including phenoxy) is 1. The predicted molar refractivity (Wildman–Crippen MR) is 56.1 cm³/mol. The van der Waals surface area contributed by atoms with Crippen molar-refractivity contribution in [2.75, 3.05) is 6.61 Å². The van der Waals surface area contributed by atoms with Gasteiger partial charge in [-0.05, 0) is 13.3 Å². The Hall–Kier alpha value is -1.59. The van der Waals surface area contributed by atoms with E-state index in [0.29, 0.717) is 4.81 Å². The predicted octanol–water partition coefficient (Wildman–Crippen LogP) is -0.0456. The van der Waals surface area contributed by atoms with E-state index < -0.39 is 23.2 Å². The van der Waals surface area contributed by atoms with Crippen LogP contribution in [-0.2, 0) is 19.1 Å². The van der Waals surface area contributed by atoms with Gasteiger partial charge in [-0.2, -0.15) is 0 Å². The zero-order chi connectivity index (χ0) is 12.3. The maximum absolute atomic E-state index is 11.7. The molecule has 1 aliphatic rings. The number of carbonyl (C=O) groups is 3. The minimum Gasteiger partial charge on any atom is -0.461 e. The second kappa shape index (κ2) is 4.51. The van der Waals surface area contributed by atoms with Gasteiger partial charge in [0.05, 0.1) is 0 Å². The van der Waals surface area contributed by atoms with Crippen LogP contribution in [0.3, 0.4) is 0 Å². The van der Waals surface area contributed by atoms with Gasteiger partial charge in [0.1, 0.15) is 12.0 Å². The summed E-state index contributed by atoms with van der Waals surface area (Å²) in [7, 11) is 5.27. The molecule has 0 saturated carbocycles. The molecule has 1 saturated heterocycles. The normalized spacial score (nSPS) is 25.4. The van der Waals surface area contributed by atoms with Crippen LogP contribution in [0.2, 0.25) is 0 Å². The number of esters is 1. The molecular formula is C10H12BNO4. The molecule has 0 spiro atoms. The third-order valence-electron chi connectivity index (χ3n) is 2.58. The van der Waals surface area contributed by atoms with Crippen LogP contribution < -0.4 is 0 Å². The number of hydrogen-bond acceptors (Lipinski definition) is 4. The molecule has 1 unspecified atom stereocenters. The molecule has 2 radical (unpaired) electrons. The average Bonchev–Trinajstić information content (AvgIpc) is 2.28. The fourth-order valence-corrected chi connectivity index (χ4v) is 1.45. The van der Waals surface area contributed by atoms with Gasteiger partial charge < -0.3 is 9.55 Å². The highest BCUT2D eigenvalue weighted by Gasteiger charge is 2.48. The van der Waals surface area contributed by atoms with Crippen LogP contribution in [0.1, 0.15) is 19.8 Å². The molecule has 6 heteroatoms. The van der Waals surface area contributed by atoms with Crippen LogP contribution in [0.25, 0.3) is 0 Å². The van der Waals surface area contributed by atoms with Crippen LogP contribution in [-0.4, -0.2) is 37.2 Å². The van der Waals surface area contributed by atoms with Crippen molar-refractivity contribution in [3.8, 4) is 0 Å². The van der Waals surface area contributed by atoms with Gasteiger partial charge in [0.25, 0.3) is 0 Å². The Morgan fingerprint density at radius 2 is 2.31 bits per heavy atom. The maximum atomic E-state index is 11.7. The molecule has 1 atom stereocenters. The number of rotatable bonds is 3. The van der Waals surface area contributed by atoms with E-state index in [4.69, 9.17) is 12.7 Å². The fraction of sp³-hybridized carbons (Fsp3) is 0.500. The van der Waals surface area contributed by atoms with Gasteiger partial charge in [0.15, 0.2) is 0 Å². The fourth-order valence-electron chi connectivity index (χ4n) is 1.45. The Balaban J connectivity index is 2.84. The molecule has 0 aromatic heterocycles. The lowest BCUT2D eigenvalue weighted by Crippen LogP contribution is -2.53. The Morgan fingerprint density at radius 1 is 1.69 bits per heavy atom. The summed E-state index contributed by atoms with van der Waals surface area (Å²) in [5.74, 6) is -1.89. The summed E-state index contributed by atoms with van der Waals surface area (Å²) < 4.78 is 4.82. The summed E-state index contributed by atoms with van der Waals surface area (Å²) in [6.45, 7) is 4.85. The minimum absolute atomic E-state index is 0.0280. The lowest BCUT2D eigenvalue weighted by molar-refractivity contribution is -0.166. The lowest BCUT2D eigenvalue weighted by Gasteiger charge is -2.34. The molecule has 0 aromatic carbocycles. The van der Waals surface area contributed by atoms with E-state index in [-0.39, 0.29) is 19.4 Å². The molecule has 2 amide bonds. The van der Waals surface area contributed by atoms with Gasteiger partial charge >= 0.3 is 5.97 Å². The number of carbonyl (C=O) groups excluding carboxylic acids is 3. The zero-order valence-corrected chi connectivity index (χ0v) is 9.06. The van der Waals surface area contributed by atoms with Gasteiger partial charge in [-0.3, -0.25) is 14.4 Å². The van der Waals surface area contributed by atoms with Crippen molar-refractivity contribution in [2.45, 2.75) is 19.8 Å². The molecule has 0 N–H and O–H groups in total. The summed E-state index contributed by atoms with van der Waals surface area (Å²) in [5, 5.41) is 0. The topological polar surface area (TPSA) is 63.7 Å². The van der Waals surface area contributed by atoms with Crippen LogP contribution in [0.4, 0.5) is 0 Å². The first kappa shape index (κ1) is 12.5. The van der Waals surface area contributed by atoms with Crippen molar-refractivity contribution in [2.24, 2.45) is 5.41 Å². The number of imide groups is 1. The summed E-state index contributed by atoms with van der Waals surface area (Å²) in [4.78, 5) is 35.0. The quantitative estimate of drug-likeness (QED) is 0.220. The molecule has 1 aliphatic heterocycles. The smallest absolute Gasteiger partial charge is 0.321 e. The van der Waals surface area contributed by atoms with Crippen LogP contribution in [0.15, 0.2) is 12.7 Å². The largest absolute Gasteiger partial charge is 0.461 e. The number of piperidine rings is 1.